The fourth-order valence-electron chi connectivity index (χ4n) is 2.36. The average molecular weight is 359 g/mol. The minimum absolute atomic E-state index is 0.391. The standard InChI is InChI=1S/C17H27BrOS/c1-2-3-4-5-6-7-8-9-10-11-15(19)14-16-12-13-17(18)20-16/h12-13H,2-11,14H2,1H3. The Hall–Kier alpha value is -0.150. The Bertz CT molecular complexity index is 373. The maximum absolute atomic E-state index is 11.8. The van der Waals surface area contributed by atoms with Gasteiger partial charge in [-0.05, 0) is 34.5 Å². The molecular formula is C17H27BrOS. The molecule has 0 aromatic carbocycles. The third-order valence-corrected chi connectivity index (χ3v) is 5.18. The number of ketones is 1. The molecule has 1 nitrogen and oxygen atoms in total. The van der Waals surface area contributed by atoms with Gasteiger partial charge in [-0.15, -0.1) is 11.3 Å². The predicted molar refractivity (Wildman–Crippen MR) is 92.6 cm³/mol. The van der Waals surface area contributed by atoms with Gasteiger partial charge in [0.2, 0.25) is 0 Å². The molecule has 1 heterocycles. The summed E-state index contributed by atoms with van der Waals surface area (Å²) >= 11 is 5.10. The molecule has 20 heavy (non-hydrogen) atoms. The zero-order chi connectivity index (χ0) is 14.6. The third kappa shape index (κ3) is 8.91. The van der Waals surface area contributed by atoms with Crippen molar-refractivity contribution in [1.29, 1.82) is 0 Å². The first-order valence-electron chi connectivity index (χ1n) is 7.98. The molecule has 0 saturated heterocycles. The molecule has 114 valence electrons. The molecule has 0 fully saturated rings. The second kappa shape index (κ2) is 11.5. The molecule has 0 N–H and O–H groups in total. The molecule has 3 heteroatoms. The van der Waals surface area contributed by atoms with Crippen molar-refractivity contribution in [3.8, 4) is 0 Å². The van der Waals surface area contributed by atoms with Crippen molar-refractivity contribution in [2.24, 2.45) is 0 Å². The molecule has 1 rings (SSSR count). The zero-order valence-corrected chi connectivity index (χ0v) is 15.0. The van der Waals surface area contributed by atoms with Gasteiger partial charge >= 0.3 is 0 Å². The fourth-order valence-corrected chi connectivity index (χ4v) is 3.87. The SMILES string of the molecule is CCCCCCCCCCCC(=O)Cc1ccc(Br)s1. The van der Waals surface area contributed by atoms with E-state index in [4.69, 9.17) is 0 Å². The summed E-state index contributed by atoms with van der Waals surface area (Å²) in [6, 6.07) is 4.06. The lowest BCUT2D eigenvalue weighted by atomic mass is 10.0. The molecule has 0 aliphatic heterocycles. The van der Waals surface area contributed by atoms with Gasteiger partial charge in [-0.1, -0.05) is 58.3 Å². The fraction of sp³-hybridized carbons (Fsp3) is 0.706. The van der Waals surface area contributed by atoms with Crippen molar-refractivity contribution >= 4 is 33.0 Å². The molecule has 0 unspecified atom stereocenters. The Morgan fingerprint density at radius 1 is 1.00 bits per heavy atom. The highest BCUT2D eigenvalue weighted by Gasteiger charge is 2.05. The molecule has 0 aliphatic rings. The first kappa shape index (κ1) is 17.9. The van der Waals surface area contributed by atoms with Crippen LogP contribution in [0, 0.1) is 0 Å². The van der Waals surface area contributed by atoms with E-state index in [1.807, 2.05) is 12.1 Å². The summed E-state index contributed by atoms with van der Waals surface area (Å²) in [4.78, 5) is 13.0. The molecule has 0 amide bonds. The topological polar surface area (TPSA) is 17.1 Å². The Labute approximate surface area is 136 Å². The molecule has 1 aromatic rings. The Balaban J connectivity index is 1.92. The van der Waals surface area contributed by atoms with Gasteiger partial charge in [-0.2, -0.15) is 0 Å². The van der Waals surface area contributed by atoms with Crippen LogP contribution in [0.3, 0.4) is 0 Å². The van der Waals surface area contributed by atoms with E-state index in [9.17, 15) is 4.79 Å². The number of hydrogen-bond donors (Lipinski definition) is 0. The number of thiophene rings is 1. The summed E-state index contributed by atoms with van der Waals surface area (Å²) in [5.41, 5.74) is 0. The highest BCUT2D eigenvalue weighted by Crippen LogP contribution is 2.23. The van der Waals surface area contributed by atoms with Gasteiger partial charge in [0.05, 0.1) is 3.79 Å². The smallest absolute Gasteiger partial charge is 0.138 e. The van der Waals surface area contributed by atoms with Crippen molar-refractivity contribution in [2.45, 2.75) is 77.6 Å². The van der Waals surface area contributed by atoms with Crippen LogP contribution in [-0.2, 0) is 11.2 Å². The van der Waals surface area contributed by atoms with E-state index in [0.29, 0.717) is 12.2 Å². The van der Waals surface area contributed by atoms with E-state index >= 15 is 0 Å². The van der Waals surface area contributed by atoms with E-state index in [1.165, 1.54) is 56.2 Å². The second-order valence-electron chi connectivity index (χ2n) is 5.50. The summed E-state index contributed by atoms with van der Waals surface area (Å²) in [7, 11) is 0. The highest BCUT2D eigenvalue weighted by molar-refractivity contribution is 9.11. The van der Waals surface area contributed by atoms with Gasteiger partial charge in [0.25, 0.3) is 0 Å². The molecule has 0 radical (unpaired) electrons. The van der Waals surface area contributed by atoms with Crippen molar-refractivity contribution in [3.63, 3.8) is 0 Å². The molecule has 0 bridgehead atoms. The van der Waals surface area contributed by atoms with Gasteiger partial charge in [0.15, 0.2) is 0 Å². The minimum atomic E-state index is 0.391. The number of Topliss-reactive ketones (excluding diaryl/α,β-unsaturated/α-hetero) is 1. The number of unbranched alkanes of at least 4 members (excludes halogenated alkanes) is 8. The van der Waals surface area contributed by atoms with E-state index < -0.39 is 0 Å². The van der Waals surface area contributed by atoms with Crippen LogP contribution in [-0.4, -0.2) is 5.78 Å². The van der Waals surface area contributed by atoms with Gasteiger partial charge in [-0.25, -0.2) is 0 Å². The zero-order valence-electron chi connectivity index (χ0n) is 12.6. The van der Waals surface area contributed by atoms with Gasteiger partial charge in [0, 0.05) is 17.7 Å². The lowest BCUT2D eigenvalue weighted by molar-refractivity contribution is -0.118. The Morgan fingerprint density at radius 2 is 1.60 bits per heavy atom. The average Bonchev–Trinajstić information content (AvgIpc) is 2.82. The Kier molecular flexibility index (Phi) is 10.3. The molecular weight excluding hydrogens is 332 g/mol. The lowest BCUT2D eigenvalue weighted by Crippen LogP contribution is -2.00. The van der Waals surface area contributed by atoms with Crippen LogP contribution in [0.4, 0.5) is 0 Å². The van der Waals surface area contributed by atoms with Gasteiger partial charge in [-0.3, -0.25) is 4.79 Å². The normalized spacial score (nSPS) is 10.9. The first-order valence-corrected chi connectivity index (χ1v) is 9.59. The minimum Gasteiger partial charge on any atom is -0.299 e. The molecule has 0 saturated carbocycles. The number of rotatable bonds is 12. The summed E-state index contributed by atoms with van der Waals surface area (Å²) in [5.74, 6) is 0.391. The van der Waals surface area contributed by atoms with Gasteiger partial charge < -0.3 is 0 Å². The summed E-state index contributed by atoms with van der Waals surface area (Å²) < 4.78 is 1.11. The van der Waals surface area contributed by atoms with E-state index in [1.54, 1.807) is 11.3 Å². The lowest BCUT2D eigenvalue weighted by Gasteiger charge is -2.02. The highest BCUT2D eigenvalue weighted by atomic mass is 79.9. The molecule has 0 aliphatic carbocycles. The third-order valence-electron chi connectivity index (χ3n) is 3.56. The molecule has 0 atom stereocenters. The van der Waals surface area contributed by atoms with Gasteiger partial charge in [0.1, 0.15) is 5.78 Å². The number of hydrogen-bond acceptors (Lipinski definition) is 2. The van der Waals surface area contributed by atoms with E-state index in [0.717, 1.165) is 16.6 Å². The number of halogens is 1. The largest absolute Gasteiger partial charge is 0.299 e. The second-order valence-corrected chi connectivity index (χ2v) is 8.05. The van der Waals surface area contributed by atoms with E-state index in [-0.39, 0.29) is 0 Å². The van der Waals surface area contributed by atoms with Crippen LogP contribution in [0.2, 0.25) is 0 Å². The molecule has 0 spiro atoms. The van der Waals surface area contributed by atoms with Crippen molar-refractivity contribution in [2.75, 3.05) is 0 Å². The molecule has 1 aromatic heterocycles. The van der Waals surface area contributed by atoms with Crippen LogP contribution in [0.5, 0.6) is 0 Å². The van der Waals surface area contributed by atoms with Crippen molar-refractivity contribution in [1.82, 2.24) is 0 Å². The van der Waals surface area contributed by atoms with Crippen molar-refractivity contribution in [3.05, 3.63) is 20.8 Å². The van der Waals surface area contributed by atoms with Crippen LogP contribution >= 0.6 is 27.3 Å². The first-order chi connectivity index (χ1) is 9.72. The van der Waals surface area contributed by atoms with Crippen molar-refractivity contribution < 1.29 is 4.79 Å². The van der Waals surface area contributed by atoms with E-state index in [2.05, 4.69) is 22.9 Å². The number of carbonyl (C=O) groups is 1. The van der Waals surface area contributed by atoms with Crippen LogP contribution in [0.25, 0.3) is 0 Å². The maximum atomic E-state index is 11.8. The maximum Gasteiger partial charge on any atom is 0.138 e. The monoisotopic (exact) mass is 358 g/mol. The summed E-state index contributed by atoms with van der Waals surface area (Å²) in [6.45, 7) is 2.26. The van der Waals surface area contributed by atoms with Crippen LogP contribution in [0.15, 0.2) is 15.9 Å². The number of carbonyl (C=O) groups excluding carboxylic acids is 1. The Morgan fingerprint density at radius 3 is 2.15 bits per heavy atom. The summed E-state index contributed by atoms with van der Waals surface area (Å²) in [5, 5.41) is 0. The summed E-state index contributed by atoms with van der Waals surface area (Å²) in [6.07, 6.45) is 13.2. The van der Waals surface area contributed by atoms with Crippen LogP contribution in [0.1, 0.15) is 76.0 Å². The van der Waals surface area contributed by atoms with Crippen LogP contribution < -0.4 is 0 Å². The predicted octanol–water partition coefficient (Wildman–Crippen LogP) is 6.54. The quantitative estimate of drug-likeness (QED) is 0.387.